The monoisotopic (exact) mass is 671 g/mol. The summed E-state index contributed by atoms with van der Waals surface area (Å²) in [4.78, 5) is 27.4. The van der Waals surface area contributed by atoms with Gasteiger partial charge in [-0.05, 0) is 67.5 Å². The van der Waals surface area contributed by atoms with Gasteiger partial charge in [0.1, 0.15) is 34.5 Å². The molecule has 9 nitrogen and oxygen atoms in total. The molecule has 3 aliphatic heterocycles. The Morgan fingerprint density at radius 1 is 1.02 bits per heavy atom. The third kappa shape index (κ3) is 5.65. The smallest absolute Gasteiger partial charge is 0.239 e. The van der Waals surface area contributed by atoms with Crippen LogP contribution in [0, 0.1) is 11.8 Å². The lowest BCUT2D eigenvalue weighted by Crippen LogP contribution is -2.33. The van der Waals surface area contributed by atoms with Gasteiger partial charge in [0.2, 0.25) is 5.95 Å². The predicted molar refractivity (Wildman–Crippen MR) is 209 cm³/mol. The molecule has 254 valence electrons. The number of aromatic nitrogens is 5. The van der Waals surface area contributed by atoms with E-state index in [0.717, 1.165) is 87.5 Å². The van der Waals surface area contributed by atoms with Crippen molar-refractivity contribution in [1.82, 2.24) is 24.1 Å². The van der Waals surface area contributed by atoms with E-state index in [1.165, 1.54) is 0 Å². The van der Waals surface area contributed by atoms with Crippen LogP contribution in [0.2, 0.25) is 0 Å². The number of fused-ring (bicyclic) bond motifs is 6. The van der Waals surface area contributed by atoms with E-state index in [4.69, 9.17) is 30.7 Å². The van der Waals surface area contributed by atoms with E-state index < -0.39 is 0 Å². The molecule has 2 N–H and O–H groups in total. The van der Waals surface area contributed by atoms with Crippen molar-refractivity contribution in [2.24, 2.45) is 27.6 Å². The van der Waals surface area contributed by atoms with Crippen LogP contribution in [0.3, 0.4) is 0 Å². The van der Waals surface area contributed by atoms with Crippen molar-refractivity contribution in [2.75, 3.05) is 4.90 Å². The molecular formula is C42H41N9. The number of hydrogen-bond acceptors (Lipinski definition) is 7. The van der Waals surface area contributed by atoms with Crippen molar-refractivity contribution in [3.05, 3.63) is 126 Å². The molecule has 3 aliphatic rings. The summed E-state index contributed by atoms with van der Waals surface area (Å²) in [5.74, 6) is 3.00. The SMILES string of the molecule is C=CCCC1=C(N)N(c2cc(-n3c4c(c5c3CCC=N5)N=CC=CC4)nc(-n3c4ccccc4c4cccnc43)n2)C(C=C=CC(C)C)=CC1C. The van der Waals surface area contributed by atoms with E-state index in [2.05, 4.69) is 89.6 Å². The molecule has 0 fully saturated rings. The second-order valence-corrected chi connectivity index (χ2v) is 13.5. The normalized spacial score (nSPS) is 16.7. The summed E-state index contributed by atoms with van der Waals surface area (Å²) >= 11 is 0. The number of para-hydroxylation sites is 1. The molecule has 9 heteroatoms. The molecule has 7 heterocycles. The second-order valence-electron chi connectivity index (χ2n) is 13.5. The molecule has 0 aliphatic carbocycles. The van der Waals surface area contributed by atoms with Gasteiger partial charge in [-0.1, -0.05) is 57.2 Å². The fraction of sp³-hybridized carbons (Fsp3) is 0.238. The molecule has 0 saturated carbocycles. The van der Waals surface area contributed by atoms with Crippen molar-refractivity contribution in [2.45, 2.75) is 52.9 Å². The number of anilines is 1. The van der Waals surface area contributed by atoms with Gasteiger partial charge in [0.05, 0.1) is 22.6 Å². The van der Waals surface area contributed by atoms with Gasteiger partial charge < -0.3 is 5.73 Å². The zero-order valence-electron chi connectivity index (χ0n) is 29.3. The van der Waals surface area contributed by atoms with Crippen LogP contribution in [0.5, 0.6) is 0 Å². The van der Waals surface area contributed by atoms with Gasteiger partial charge in [0.25, 0.3) is 0 Å². The van der Waals surface area contributed by atoms with Crippen molar-refractivity contribution < 1.29 is 0 Å². The Labute approximate surface area is 298 Å². The van der Waals surface area contributed by atoms with Gasteiger partial charge in [-0.25, -0.2) is 4.98 Å². The van der Waals surface area contributed by atoms with Gasteiger partial charge in [-0.15, -0.1) is 12.3 Å². The number of allylic oxidation sites excluding steroid dienone is 6. The van der Waals surface area contributed by atoms with Crippen LogP contribution in [0.4, 0.5) is 17.2 Å². The van der Waals surface area contributed by atoms with E-state index in [-0.39, 0.29) is 5.92 Å². The molecule has 4 aromatic heterocycles. The van der Waals surface area contributed by atoms with Crippen LogP contribution in [0.25, 0.3) is 33.7 Å². The topological polar surface area (TPSA) is 103 Å². The molecule has 0 saturated heterocycles. The Morgan fingerprint density at radius 3 is 2.71 bits per heavy atom. The number of nitrogens with two attached hydrogens (primary N) is 1. The lowest BCUT2D eigenvalue weighted by molar-refractivity contribution is 0.722. The first kappa shape index (κ1) is 32.2. The summed E-state index contributed by atoms with van der Waals surface area (Å²) < 4.78 is 4.30. The maximum absolute atomic E-state index is 7.21. The van der Waals surface area contributed by atoms with E-state index in [1.54, 1.807) is 0 Å². The van der Waals surface area contributed by atoms with Crippen LogP contribution in [-0.4, -0.2) is 36.5 Å². The highest BCUT2D eigenvalue weighted by molar-refractivity contribution is 6.07. The Balaban J connectivity index is 1.45. The fourth-order valence-corrected chi connectivity index (χ4v) is 7.32. The van der Waals surface area contributed by atoms with E-state index >= 15 is 0 Å². The zero-order valence-corrected chi connectivity index (χ0v) is 29.3. The summed E-state index contributed by atoms with van der Waals surface area (Å²) in [6, 6.07) is 14.4. The highest BCUT2D eigenvalue weighted by atomic mass is 15.3. The first-order chi connectivity index (χ1) is 24.9. The Morgan fingerprint density at radius 2 is 1.84 bits per heavy atom. The number of hydrogen-bond donors (Lipinski definition) is 1. The third-order valence-electron chi connectivity index (χ3n) is 9.63. The summed E-state index contributed by atoms with van der Waals surface area (Å²) in [6.45, 7) is 10.5. The first-order valence-corrected chi connectivity index (χ1v) is 17.7. The lowest BCUT2D eigenvalue weighted by atomic mass is 9.92. The largest absolute Gasteiger partial charge is 0.385 e. The van der Waals surface area contributed by atoms with Crippen LogP contribution < -0.4 is 10.6 Å². The number of benzene rings is 1. The Kier molecular flexibility index (Phi) is 8.42. The van der Waals surface area contributed by atoms with Gasteiger partial charge >= 0.3 is 0 Å². The quantitative estimate of drug-likeness (QED) is 0.131. The number of rotatable bonds is 8. The van der Waals surface area contributed by atoms with E-state index in [9.17, 15) is 0 Å². The van der Waals surface area contributed by atoms with Crippen LogP contribution in [0.15, 0.2) is 125 Å². The maximum atomic E-state index is 7.21. The lowest BCUT2D eigenvalue weighted by Gasteiger charge is -2.33. The van der Waals surface area contributed by atoms with Gasteiger partial charge in [-0.3, -0.25) is 24.0 Å². The number of aliphatic imine (C=N–C) groups is 2. The molecule has 1 aromatic carbocycles. The highest BCUT2D eigenvalue weighted by Gasteiger charge is 2.30. The molecule has 0 amide bonds. The number of nitrogens with zero attached hydrogens (tertiary/aromatic N) is 8. The molecule has 0 spiro atoms. The average Bonchev–Trinajstić information content (AvgIpc) is 3.52. The molecule has 1 unspecified atom stereocenters. The fourth-order valence-electron chi connectivity index (χ4n) is 7.32. The third-order valence-corrected chi connectivity index (χ3v) is 9.63. The minimum Gasteiger partial charge on any atom is -0.385 e. The van der Waals surface area contributed by atoms with Crippen LogP contribution in [0.1, 0.15) is 51.4 Å². The van der Waals surface area contributed by atoms with Gasteiger partial charge in [0, 0.05) is 53.9 Å². The minimum atomic E-state index is 0.130. The molecular weight excluding hydrogens is 631 g/mol. The molecule has 1 atom stereocenters. The van der Waals surface area contributed by atoms with Crippen LogP contribution >= 0.6 is 0 Å². The molecule has 5 aromatic rings. The van der Waals surface area contributed by atoms with Gasteiger partial charge in [0.15, 0.2) is 0 Å². The Hall–Kier alpha value is -6.05. The molecule has 0 radical (unpaired) electrons. The summed E-state index contributed by atoms with van der Waals surface area (Å²) in [5, 5.41) is 2.11. The zero-order chi connectivity index (χ0) is 35.1. The number of pyridine rings is 1. The van der Waals surface area contributed by atoms with Crippen molar-refractivity contribution >= 4 is 51.6 Å². The van der Waals surface area contributed by atoms with Crippen molar-refractivity contribution in [1.29, 1.82) is 0 Å². The molecule has 0 bridgehead atoms. The second kappa shape index (κ2) is 13.3. The average molecular weight is 672 g/mol. The van der Waals surface area contributed by atoms with Crippen molar-refractivity contribution in [3.8, 4) is 11.8 Å². The summed E-state index contributed by atoms with van der Waals surface area (Å²) in [6.07, 6.45) is 22.0. The predicted octanol–water partition coefficient (Wildman–Crippen LogP) is 9.07. The molecule has 51 heavy (non-hydrogen) atoms. The minimum absolute atomic E-state index is 0.130. The van der Waals surface area contributed by atoms with Crippen molar-refractivity contribution in [3.63, 3.8) is 0 Å². The highest BCUT2D eigenvalue weighted by Crippen LogP contribution is 2.44. The van der Waals surface area contributed by atoms with Gasteiger partial charge in [-0.2, -0.15) is 9.97 Å². The molecule has 8 rings (SSSR count). The first-order valence-electron chi connectivity index (χ1n) is 17.7. The van der Waals surface area contributed by atoms with E-state index in [0.29, 0.717) is 29.9 Å². The standard InChI is InChI=1S/C42H41N9/c1-5-6-16-30-28(4)25-29(15-11-14-27(2)3)49(40(30)43)36-26-37(50-34-20-9-10-22-44-38(34)39-35(50)21-13-23-45-39)48-42(47-36)51-33-19-8-7-17-31(33)32-18-12-24-46-41(32)51/h5,7-10,12,14-15,17-19,22-28H,1,6,13,16,20-21,43H2,2-4H3. The van der Waals surface area contributed by atoms with E-state index in [1.807, 2.05) is 55.1 Å². The summed E-state index contributed by atoms with van der Waals surface area (Å²) in [5.41, 5.74) is 18.3. The maximum Gasteiger partial charge on any atom is 0.239 e. The van der Waals surface area contributed by atoms with Crippen LogP contribution in [-0.2, 0) is 12.8 Å². The Bertz CT molecular complexity index is 2370. The summed E-state index contributed by atoms with van der Waals surface area (Å²) in [7, 11) is 0.